The molecule has 2 atom stereocenters. The Kier molecular flexibility index (Phi) is 4.14. The van der Waals surface area contributed by atoms with Gasteiger partial charge in [0, 0.05) is 29.2 Å². The molecule has 94 valence electrons. The van der Waals surface area contributed by atoms with Crippen molar-refractivity contribution in [2.24, 2.45) is 11.1 Å². The summed E-state index contributed by atoms with van der Waals surface area (Å²) in [6.07, 6.45) is 2.83. The van der Waals surface area contributed by atoms with Gasteiger partial charge in [-0.2, -0.15) is 0 Å². The Morgan fingerprint density at radius 3 is 2.94 bits per heavy atom. The monoisotopic (exact) mass is 300 g/mol. The Balaban J connectivity index is 2.21. The molecule has 2 rings (SSSR count). The molecule has 17 heavy (non-hydrogen) atoms. The summed E-state index contributed by atoms with van der Waals surface area (Å²) < 4.78 is 6.36. The van der Waals surface area contributed by atoms with Crippen molar-refractivity contribution < 1.29 is 9.84 Å². The van der Waals surface area contributed by atoms with E-state index >= 15 is 0 Å². The second-order valence-corrected chi connectivity index (χ2v) is 5.44. The second-order valence-electron chi connectivity index (χ2n) is 4.53. The molecule has 0 saturated carbocycles. The molecule has 0 amide bonds. The first kappa shape index (κ1) is 13.0. The molecule has 2 heterocycles. The van der Waals surface area contributed by atoms with Crippen LogP contribution in [0.3, 0.4) is 0 Å². The largest absolute Gasteiger partial charge is 0.386 e. The molecular formula is C12H17BrN2O2. The van der Waals surface area contributed by atoms with Crippen LogP contribution in [0.25, 0.3) is 0 Å². The summed E-state index contributed by atoms with van der Waals surface area (Å²) in [7, 11) is 0. The molecule has 1 aliphatic rings. The van der Waals surface area contributed by atoms with Crippen molar-refractivity contribution in [3.05, 3.63) is 28.5 Å². The van der Waals surface area contributed by atoms with Crippen LogP contribution in [0, 0.1) is 5.41 Å². The molecule has 0 aromatic carbocycles. The molecule has 1 aromatic rings. The van der Waals surface area contributed by atoms with Gasteiger partial charge in [-0.15, -0.1) is 0 Å². The molecule has 0 bridgehead atoms. The van der Waals surface area contributed by atoms with Crippen molar-refractivity contribution in [2.75, 3.05) is 19.8 Å². The van der Waals surface area contributed by atoms with Gasteiger partial charge in [0.15, 0.2) is 0 Å². The molecule has 1 aliphatic heterocycles. The average molecular weight is 301 g/mol. The molecule has 5 heteroatoms. The fourth-order valence-electron chi connectivity index (χ4n) is 2.22. The first-order chi connectivity index (χ1) is 8.18. The van der Waals surface area contributed by atoms with Gasteiger partial charge >= 0.3 is 0 Å². The lowest BCUT2D eigenvalue weighted by atomic mass is 9.76. The Morgan fingerprint density at radius 2 is 2.41 bits per heavy atom. The normalized spacial score (nSPS) is 26.8. The molecular weight excluding hydrogens is 284 g/mol. The van der Waals surface area contributed by atoms with Crippen molar-refractivity contribution in [1.29, 1.82) is 0 Å². The molecule has 1 fully saturated rings. The van der Waals surface area contributed by atoms with E-state index in [1.807, 2.05) is 12.1 Å². The highest BCUT2D eigenvalue weighted by atomic mass is 79.9. The standard InChI is InChI=1S/C12H17BrN2O2/c13-9-2-3-10(15-6-9)11(16)12(7-14)4-1-5-17-8-12/h2-3,6,11,16H,1,4-5,7-8,14H2. The van der Waals surface area contributed by atoms with Crippen LogP contribution in [0.15, 0.2) is 22.8 Å². The summed E-state index contributed by atoms with van der Waals surface area (Å²) >= 11 is 3.33. The van der Waals surface area contributed by atoms with E-state index in [0.29, 0.717) is 18.8 Å². The van der Waals surface area contributed by atoms with E-state index in [4.69, 9.17) is 10.5 Å². The van der Waals surface area contributed by atoms with Gasteiger partial charge in [-0.25, -0.2) is 0 Å². The maximum Gasteiger partial charge on any atom is 0.105 e. The first-order valence-corrected chi connectivity index (χ1v) is 6.54. The number of nitrogens with two attached hydrogens (primary N) is 1. The van der Waals surface area contributed by atoms with Crippen molar-refractivity contribution >= 4 is 15.9 Å². The smallest absolute Gasteiger partial charge is 0.105 e. The van der Waals surface area contributed by atoms with Crippen LogP contribution in [0.2, 0.25) is 0 Å². The van der Waals surface area contributed by atoms with E-state index in [1.54, 1.807) is 6.20 Å². The molecule has 0 aliphatic carbocycles. The number of ether oxygens (including phenoxy) is 1. The molecule has 0 spiro atoms. The van der Waals surface area contributed by atoms with Crippen LogP contribution in [-0.2, 0) is 4.74 Å². The average Bonchev–Trinajstić information content (AvgIpc) is 2.39. The quantitative estimate of drug-likeness (QED) is 0.890. The molecule has 0 radical (unpaired) electrons. The Labute approximate surface area is 109 Å². The van der Waals surface area contributed by atoms with E-state index < -0.39 is 6.10 Å². The SMILES string of the molecule is NCC1(C(O)c2ccc(Br)cn2)CCCOC1. The zero-order valence-electron chi connectivity index (χ0n) is 9.60. The van der Waals surface area contributed by atoms with E-state index in [9.17, 15) is 5.11 Å². The number of halogens is 1. The second kappa shape index (κ2) is 5.44. The highest BCUT2D eigenvalue weighted by Gasteiger charge is 2.40. The van der Waals surface area contributed by atoms with Crippen LogP contribution in [0.5, 0.6) is 0 Å². The minimum absolute atomic E-state index is 0.390. The summed E-state index contributed by atoms with van der Waals surface area (Å²) in [5.74, 6) is 0. The van der Waals surface area contributed by atoms with Crippen LogP contribution in [0.4, 0.5) is 0 Å². The Bertz CT molecular complexity index is 363. The number of pyridine rings is 1. The third kappa shape index (κ3) is 2.68. The van der Waals surface area contributed by atoms with Gasteiger partial charge in [0.25, 0.3) is 0 Å². The highest BCUT2D eigenvalue weighted by molar-refractivity contribution is 9.10. The Morgan fingerprint density at radius 1 is 1.59 bits per heavy atom. The molecule has 2 unspecified atom stereocenters. The Hall–Kier alpha value is -0.490. The van der Waals surface area contributed by atoms with Gasteiger partial charge in [0.05, 0.1) is 12.3 Å². The van der Waals surface area contributed by atoms with Gasteiger partial charge in [0.2, 0.25) is 0 Å². The van der Waals surface area contributed by atoms with Gasteiger partial charge in [-0.3, -0.25) is 4.98 Å². The first-order valence-electron chi connectivity index (χ1n) is 5.75. The third-order valence-corrected chi connectivity index (χ3v) is 3.84. The number of hydrogen-bond donors (Lipinski definition) is 2. The van der Waals surface area contributed by atoms with Crippen molar-refractivity contribution in [3.63, 3.8) is 0 Å². The summed E-state index contributed by atoms with van der Waals surface area (Å²) in [5.41, 5.74) is 6.10. The van der Waals surface area contributed by atoms with Gasteiger partial charge in [0.1, 0.15) is 6.10 Å². The third-order valence-electron chi connectivity index (χ3n) is 3.37. The number of nitrogens with zero attached hydrogens (tertiary/aromatic N) is 1. The molecule has 3 N–H and O–H groups in total. The minimum atomic E-state index is -0.666. The molecule has 1 saturated heterocycles. The highest BCUT2D eigenvalue weighted by Crippen LogP contribution is 2.39. The minimum Gasteiger partial charge on any atom is -0.386 e. The molecule has 4 nitrogen and oxygen atoms in total. The van der Waals surface area contributed by atoms with Gasteiger partial charge < -0.3 is 15.6 Å². The van der Waals surface area contributed by atoms with Crippen molar-refractivity contribution in [2.45, 2.75) is 18.9 Å². The summed E-state index contributed by atoms with van der Waals surface area (Å²) in [6, 6.07) is 3.69. The van der Waals surface area contributed by atoms with Gasteiger partial charge in [-0.05, 0) is 40.9 Å². The van der Waals surface area contributed by atoms with Crippen LogP contribution in [0.1, 0.15) is 24.6 Å². The number of hydrogen-bond acceptors (Lipinski definition) is 4. The number of rotatable bonds is 3. The van der Waals surface area contributed by atoms with Crippen LogP contribution < -0.4 is 5.73 Å². The maximum atomic E-state index is 10.4. The van der Waals surface area contributed by atoms with Crippen molar-refractivity contribution in [3.8, 4) is 0 Å². The van der Waals surface area contributed by atoms with Crippen LogP contribution >= 0.6 is 15.9 Å². The number of aliphatic hydroxyl groups excluding tert-OH is 1. The predicted molar refractivity (Wildman–Crippen MR) is 68.4 cm³/mol. The topological polar surface area (TPSA) is 68.4 Å². The van der Waals surface area contributed by atoms with Crippen molar-refractivity contribution in [1.82, 2.24) is 4.98 Å². The zero-order valence-corrected chi connectivity index (χ0v) is 11.2. The van der Waals surface area contributed by atoms with Gasteiger partial charge in [-0.1, -0.05) is 0 Å². The lowest BCUT2D eigenvalue weighted by molar-refractivity contribution is -0.0796. The zero-order chi connectivity index (χ0) is 12.3. The summed E-state index contributed by atoms with van der Waals surface area (Å²) in [4.78, 5) is 4.24. The summed E-state index contributed by atoms with van der Waals surface area (Å²) in [6.45, 7) is 1.66. The fraction of sp³-hybridized carbons (Fsp3) is 0.583. The number of aromatic nitrogens is 1. The predicted octanol–water partition coefficient (Wildman–Crippen LogP) is 1.63. The lowest BCUT2D eigenvalue weighted by Crippen LogP contribution is -2.43. The molecule has 1 aromatic heterocycles. The van der Waals surface area contributed by atoms with Crippen LogP contribution in [-0.4, -0.2) is 29.8 Å². The summed E-state index contributed by atoms with van der Waals surface area (Å²) in [5, 5.41) is 10.4. The lowest BCUT2D eigenvalue weighted by Gasteiger charge is -2.39. The van der Waals surface area contributed by atoms with E-state index in [-0.39, 0.29) is 5.41 Å². The van der Waals surface area contributed by atoms with E-state index in [1.165, 1.54) is 0 Å². The fourth-order valence-corrected chi connectivity index (χ4v) is 2.46. The maximum absolute atomic E-state index is 10.4. The van der Waals surface area contributed by atoms with E-state index in [0.717, 1.165) is 23.9 Å². The number of aliphatic hydroxyl groups is 1. The van der Waals surface area contributed by atoms with E-state index in [2.05, 4.69) is 20.9 Å².